The minimum Gasteiger partial charge on any atom is -0.0654 e. The second-order valence-electron chi connectivity index (χ2n) is 13.5. The van der Waals surface area contributed by atoms with Gasteiger partial charge >= 0.3 is 0 Å². The Bertz CT molecular complexity index is 686. The van der Waals surface area contributed by atoms with E-state index >= 15 is 0 Å². The van der Waals surface area contributed by atoms with Crippen LogP contribution in [0.25, 0.3) is 0 Å². The SMILES string of the molecule is CCCCc1c(CC(C)C)c(C(C)(C)C)c(CCC(C)C)c(CC(C)(C)C)c1C(C)C. The Morgan fingerprint density at radius 2 is 1.26 bits per heavy atom. The molecule has 0 radical (unpaired) electrons. The van der Waals surface area contributed by atoms with Crippen LogP contribution < -0.4 is 0 Å². The molecule has 0 amide bonds. The topological polar surface area (TPSA) is 0 Å². The minimum atomic E-state index is 0.180. The molecule has 0 aliphatic heterocycles. The summed E-state index contributed by atoms with van der Waals surface area (Å²) >= 11 is 0. The average Bonchev–Trinajstić information content (AvgIpc) is 2.56. The standard InChI is InChI=1S/C31H56/c1-14-15-16-24-26(19-22(4)5)29(31(11,12)13)25(18-17-21(2)3)27(20-30(8,9)10)28(24)23(6)7/h21-23H,14-20H2,1-13H3. The van der Waals surface area contributed by atoms with Crippen molar-refractivity contribution in [3.05, 3.63) is 33.4 Å². The van der Waals surface area contributed by atoms with Crippen molar-refractivity contribution in [2.24, 2.45) is 17.3 Å². The van der Waals surface area contributed by atoms with Crippen molar-refractivity contribution >= 4 is 0 Å². The van der Waals surface area contributed by atoms with Gasteiger partial charge in [0.1, 0.15) is 0 Å². The molecule has 0 unspecified atom stereocenters. The molecule has 0 nitrogen and oxygen atoms in total. The highest BCUT2D eigenvalue weighted by Gasteiger charge is 2.31. The number of hydrogen-bond donors (Lipinski definition) is 0. The molecule has 0 aliphatic carbocycles. The molecule has 0 saturated carbocycles. The predicted molar refractivity (Wildman–Crippen MR) is 143 cm³/mol. The number of rotatable bonds is 10. The Balaban J connectivity index is 4.14. The Kier molecular flexibility index (Phi) is 10.4. The molecule has 0 aliphatic rings. The summed E-state index contributed by atoms with van der Waals surface area (Å²) < 4.78 is 0. The van der Waals surface area contributed by atoms with E-state index in [1.165, 1.54) is 44.9 Å². The lowest BCUT2D eigenvalue weighted by molar-refractivity contribution is 0.405. The first-order chi connectivity index (χ1) is 14.1. The van der Waals surface area contributed by atoms with Gasteiger partial charge in [-0.15, -0.1) is 0 Å². The Morgan fingerprint density at radius 1 is 0.677 bits per heavy atom. The molecule has 0 aromatic heterocycles. The van der Waals surface area contributed by atoms with Gasteiger partial charge in [0.2, 0.25) is 0 Å². The van der Waals surface area contributed by atoms with Gasteiger partial charge in [-0.25, -0.2) is 0 Å². The fourth-order valence-corrected chi connectivity index (χ4v) is 5.31. The van der Waals surface area contributed by atoms with Crippen molar-refractivity contribution < 1.29 is 0 Å². The van der Waals surface area contributed by atoms with Crippen molar-refractivity contribution in [3.8, 4) is 0 Å². The van der Waals surface area contributed by atoms with Gasteiger partial charge in [0.15, 0.2) is 0 Å². The van der Waals surface area contributed by atoms with E-state index in [1.807, 2.05) is 0 Å². The van der Waals surface area contributed by atoms with Crippen LogP contribution in [0.1, 0.15) is 149 Å². The number of benzene rings is 1. The summed E-state index contributed by atoms with van der Waals surface area (Å²) in [6, 6.07) is 0. The smallest absolute Gasteiger partial charge is 0.0126 e. The van der Waals surface area contributed by atoms with E-state index in [9.17, 15) is 0 Å². The lowest BCUT2D eigenvalue weighted by Crippen LogP contribution is -2.26. The quantitative estimate of drug-likeness (QED) is 0.348. The molecule has 31 heavy (non-hydrogen) atoms. The first-order valence-corrected chi connectivity index (χ1v) is 13.3. The fourth-order valence-electron chi connectivity index (χ4n) is 5.31. The van der Waals surface area contributed by atoms with Crippen LogP contribution in [0, 0.1) is 17.3 Å². The molecule has 180 valence electrons. The summed E-state index contributed by atoms with van der Waals surface area (Å²) in [5.41, 5.74) is 10.8. The van der Waals surface area contributed by atoms with E-state index in [0.29, 0.717) is 17.3 Å². The molecular weight excluding hydrogens is 372 g/mol. The third-order valence-corrected chi connectivity index (χ3v) is 6.38. The molecule has 0 atom stereocenters. The molecule has 0 bridgehead atoms. The molecule has 1 rings (SSSR count). The van der Waals surface area contributed by atoms with Crippen molar-refractivity contribution in [1.82, 2.24) is 0 Å². The maximum atomic E-state index is 2.46. The van der Waals surface area contributed by atoms with Gasteiger partial charge in [0, 0.05) is 0 Å². The van der Waals surface area contributed by atoms with E-state index in [-0.39, 0.29) is 5.41 Å². The molecule has 0 saturated heterocycles. The van der Waals surface area contributed by atoms with Gasteiger partial charge in [-0.2, -0.15) is 0 Å². The monoisotopic (exact) mass is 428 g/mol. The molecule has 0 N–H and O–H groups in total. The maximum Gasteiger partial charge on any atom is -0.0126 e. The van der Waals surface area contributed by atoms with Crippen LogP contribution in [-0.2, 0) is 31.1 Å². The first kappa shape index (κ1) is 28.3. The van der Waals surface area contributed by atoms with Gasteiger partial charge in [0.25, 0.3) is 0 Å². The summed E-state index contributed by atoms with van der Waals surface area (Å²) in [4.78, 5) is 0. The number of hydrogen-bond acceptors (Lipinski definition) is 0. The highest BCUT2D eigenvalue weighted by molar-refractivity contribution is 5.56. The molecule has 0 heterocycles. The Hall–Kier alpha value is -0.780. The zero-order valence-corrected chi connectivity index (χ0v) is 23.7. The van der Waals surface area contributed by atoms with E-state index < -0.39 is 0 Å². The zero-order valence-electron chi connectivity index (χ0n) is 23.7. The molecule has 1 aromatic carbocycles. The maximum absolute atomic E-state index is 2.46. The van der Waals surface area contributed by atoms with Crippen LogP contribution >= 0.6 is 0 Å². The van der Waals surface area contributed by atoms with Crippen molar-refractivity contribution in [2.45, 2.75) is 146 Å². The molecular formula is C31H56. The van der Waals surface area contributed by atoms with Crippen LogP contribution in [-0.4, -0.2) is 0 Å². The van der Waals surface area contributed by atoms with Crippen LogP contribution in [0.3, 0.4) is 0 Å². The average molecular weight is 429 g/mol. The van der Waals surface area contributed by atoms with Gasteiger partial charge < -0.3 is 0 Å². The number of unbranched alkanes of at least 4 members (excludes halogenated alkanes) is 1. The largest absolute Gasteiger partial charge is 0.0654 e. The summed E-state index contributed by atoms with van der Waals surface area (Å²) in [5.74, 6) is 2.01. The van der Waals surface area contributed by atoms with E-state index in [1.54, 1.807) is 33.4 Å². The van der Waals surface area contributed by atoms with Crippen LogP contribution in [0.4, 0.5) is 0 Å². The van der Waals surface area contributed by atoms with E-state index in [0.717, 1.165) is 5.92 Å². The van der Waals surface area contributed by atoms with Crippen LogP contribution in [0.5, 0.6) is 0 Å². The molecule has 0 fully saturated rings. The third-order valence-electron chi connectivity index (χ3n) is 6.38. The minimum absolute atomic E-state index is 0.180. The highest BCUT2D eigenvalue weighted by Crippen LogP contribution is 2.43. The Morgan fingerprint density at radius 3 is 1.65 bits per heavy atom. The van der Waals surface area contributed by atoms with Crippen LogP contribution in [0.15, 0.2) is 0 Å². The summed E-state index contributed by atoms with van der Waals surface area (Å²) in [6.07, 6.45) is 8.74. The second-order valence-corrected chi connectivity index (χ2v) is 13.5. The van der Waals surface area contributed by atoms with E-state index in [2.05, 4.69) is 90.0 Å². The predicted octanol–water partition coefficient (Wildman–Crippen LogP) is 9.83. The van der Waals surface area contributed by atoms with Gasteiger partial charge in [-0.1, -0.05) is 96.4 Å². The summed E-state index contributed by atoms with van der Waals surface area (Å²) in [7, 11) is 0. The first-order valence-electron chi connectivity index (χ1n) is 13.3. The molecule has 1 aromatic rings. The summed E-state index contributed by atoms with van der Waals surface area (Å²) in [5, 5.41) is 0. The van der Waals surface area contributed by atoms with Gasteiger partial charge in [-0.05, 0) is 100 Å². The van der Waals surface area contributed by atoms with Crippen molar-refractivity contribution in [1.29, 1.82) is 0 Å². The lowest BCUT2D eigenvalue weighted by atomic mass is 9.68. The highest BCUT2D eigenvalue weighted by atomic mass is 14.4. The summed E-state index contributed by atoms with van der Waals surface area (Å²) in [6.45, 7) is 31.5. The molecule has 0 heteroatoms. The van der Waals surface area contributed by atoms with Crippen molar-refractivity contribution in [3.63, 3.8) is 0 Å². The fraction of sp³-hybridized carbons (Fsp3) is 0.806. The second kappa shape index (κ2) is 11.4. The Labute approximate surface area is 197 Å². The van der Waals surface area contributed by atoms with Crippen molar-refractivity contribution in [2.75, 3.05) is 0 Å². The van der Waals surface area contributed by atoms with E-state index in [4.69, 9.17) is 0 Å². The third kappa shape index (κ3) is 8.25. The molecule has 0 spiro atoms. The van der Waals surface area contributed by atoms with Gasteiger partial charge in [-0.3, -0.25) is 0 Å². The lowest BCUT2D eigenvalue weighted by Gasteiger charge is -2.36. The normalized spacial score (nSPS) is 13.2. The zero-order chi connectivity index (χ0) is 24.1. The van der Waals surface area contributed by atoms with Crippen LogP contribution in [0.2, 0.25) is 0 Å². The van der Waals surface area contributed by atoms with Gasteiger partial charge in [0.05, 0.1) is 0 Å².